The minimum absolute atomic E-state index is 0.0953. The third-order valence-corrected chi connectivity index (χ3v) is 9.15. The van der Waals surface area contributed by atoms with Crippen LogP contribution in [0.4, 0.5) is 0 Å². The lowest BCUT2D eigenvalue weighted by atomic mass is 9.32. The maximum absolute atomic E-state index is 4.62. The predicted octanol–water partition coefficient (Wildman–Crippen LogP) is 7.91. The van der Waals surface area contributed by atoms with E-state index in [2.05, 4.69) is 110 Å². The summed E-state index contributed by atoms with van der Waals surface area (Å²) < 4.78 is 0. The van der Waals surface area contributed by atoms with Crippen molar-refractivity contribution >= 4 is 0 Å². The lowest BCUT2D eigenvalue weighted by Crippen LogP contribution is -2.66. The van der Waals surface area contributed by atoms with Crippen molar-refractivity contribution < 1.29 is 0 Å². The number of allylic oxidation sites excluding steroid dienone is 2. The number of hydrogen-bond acceptors (Lipinski definition) is 0. The average Bonchev–Trinajstić information content (AvgIpc) is 2.84. The Kier molecular flexibility index (Phi) is 4.22. The molecule has 160 valence electrons. The van der Waals surface area contributed by atoms with E-state index >= 15 is 0 Å². The van der Waals surface area contributed by atoms with Crippen LogP contribution in [0.3, 0.4) is 0 Å². The molecule has 0 aliphatic heterocycles. The molecule has 0 heterocycles. The lowest BCUT2D eigenvalue weighted by molar-refractivity contribution is -0.0883. The maximum Gasteiger partial charge on any atom is -0.00215 e. The minimum Gasteiger partial charge on any atom is -0.0988 e. The van der Waals surface area contributed by atoms with Crippen molar-refractivity contribution in [3.05, 3.63) is 132 Å². The molecule has 4 aliphatic carbocycles. The fourth-order valence-corrected chi connectivity index (χ4v) is 8.49. The molecule has 4 saturated carbocycles. The van der Waals surface area contributed by atoms with Gasteiger partial charge in [0.15, 0.2) is 0 Å². The van der Waals surface area contributed by atoms with Gasteiger partial charge < -0.3 is 0 Å². The van der Waals surface area contributed by atoms with Gasteiger partial charge in [0.05, 0.1) is 0 Å². The Balaban J connectivity index is 1.64. The molecular formula is C32H32. The fraction of sp³-hybridized carbons (Fsp3) is 0.312. The number of hydrogen-bond donors (Lipinski definition) is 0. The van der Waals surface area contributed by atoms with Gasteiger partial charge in [-0.25, -0.2) is 0 Å². The molecule has 0 N–H and O–H groups in total. The van der Waals surface area contributed by atoms with Gasteiger partial charge in [-0.15, -0.1) is 0 Å². The second-order valence-electron chi connectivity index (χ2n) is 11.0. The Morgan fingerprint density at radius 1 is 0.531 bits per heavy atom. The zero-order chi connectivity index (χ0) is 21.9. The summed E-state index contributed by atoms with van der Waals surface area (Å²) in [4.78, 5) is 0. The van der Waals surface area contributed by atoms with Gasteiger partial charge in [-0.05, 0) is 82.4 Å². The summed E-state index contributed by atoms with van der Waals surface area (Å²) in [7, 11) is 0. The summed E-state index contributed by atoms with van der Waals surface area (Å²) >= 11 is 0. The van der Waals surface area contributed by atoms with Crippen LogP contribution in [-0.2, 0) is 16.2 Å². The minimum atomic E-state index is 0.0953. The van der Waals surface area contributed by atoms with Crippen LogP contribution in [0.15, 0.2) is 116 Å². The van der Waals surface area contributed by atoms with E-state index in [4.69, 9.17) is 0 Å². The molecular weight excluding hydrogens is 384 g/mol. The first-order chi connectivity index (χ1) is 15.5. The highest BCUT2D eigenvalue weighted by Gasteiger charge is 2.69. The first-order valence-electron chi connectivity index (χ1n) is 12.0. The zero-order valence-electron chi connectivity index (χ0n) is 18.9. The molecule has 0 amide bonds. The highest BCUT2D eigenvalue weighted by molar-refractivity contribution is 5.48. The molecule has 0 unspecified atom stereocenters. The summed E-state index contributed by atoms with van der Waals surface area (Å²) in [6.07, 6.45) is 9.33. The van der Waals surface area contributed by atoms with E-state index in [0.717, 1.165) is 0 Å². The zero-order valence-corrected chi connectivity index (χ0v) is 18.9. The Morgan fingerprint density at radius 3 is 1.12 bits per heavy atom. The summed E-state index contributed by atoms with van der Waals surface area (Å²) in [5.41, 5.74) is 6.37. The second-order valence-corrected chi connectivity index (χ2v) is 11.0. The summed E-state index contributed by atoms with van der Waals surface area (Å²) in [6, 6.07) is 34.1. The van der Waals surface area contributed by atoms with E-state index in [1.54, 1.807) is 0 Å². The normalized spacial score (nSPS) is 34.9. The van der Waals surface area contributed by atoms with E-state index in [-0.39, 0.29) is 21.7 Å². The van der Waals surface area contributed by atoms with Gasteiger partial charge >= 0.3 is 0 Å². The van der Waals surface area contributed by atoms with Crippen LogP contribution < -0.4 is 0 Å². The molecule has 32 heavy (non-hydrogen) atoms. The highest BCUT2D eigenvalue weighted by Crippen LogP contribution is 2.75. The number of benzene rings is 3. The standard InChI is InChI=1S/C32H32/c1-3-25(2)29-19-30(26-13-7-4-8-14-26)22-31(20-29,27-15-9-5-10-16-27)24-32(21-29,23-30)28-17-11-6-12-18-28/h3-18H,1-2,19-24H2. The van der Waals surface area contributed by atoms with Gasteiger partial charge in [0.2, 0.25) is 0 Å². The van der Waals surface area contributed by atoms with Gasteiger partial charge in [0, 0.05) is 0 Å². The van der Waals surface area contributed by atoms with Crippen molar-refractivity contribution in [2.45, 2.75) is 54.8 Å². The third-order valence-electron chi connectivity index (χ3n) is 9.15. The molecule has 3 aromatic carbocycles. The van der Waals surface area contributed by atoms with Crippen LogP contribution in [0.5, 0.6) is 0 Å². The predicted molar refractivity (Wildman–Crippen MR) is 134 cm³/mol. The first kappa shape index (κ1) is 19.8. The molecule has 7 rings (SSSR count). The molecule has 4 aliphatic rings. The van der Waals surface area contributed by atoms with E-state index in [9.17, 15) is 0 Å². The molecule has 0 heteroatoms. The third kappa shape index (κ3) is 2.68. The van der Waals surface area contributed by atoms with E-state index in [1.807, 2.05) is 0 Å². The molecule has 0 nitrogen and oxygen atoms in total. The summed E-state index contributed by atoms with van der Waals surface area (Å²) in [6.45, 7) is 8.82. The van der Waals surface area contributed by atoms with E-state index < -0.39 is 0 Å². The van der Waals surface area contributed by atoms with Crippen LogP contribution in [-0.4, -0.2) is 0 Å². The van der Waals surface area contributed by atoms with Crippen LogP contribution in [0.2, 0.25) is 0 Å². The Hall–Kier alpha value is -2.86. The monoisotopic (exact) mass is 416 g/mol. The maximum atomic E-state index is 4.62. The van der Waals surface area contributed by atoms with Crippen LogP contribution in [0, 0.1) is 5.41 Å². The highest BCUT2D eigenvalue weighted by atomic mass is 14.7. The van der Waals surface area contributed by atoms with Crippen molar-refractivity contribution in [2.75, 3.05) is 0 Å². The van der Waals surface area contributed by atoms with Crippen molar-refractivity contribution in [3.63, 3.8) is 0 Å². The van der Waals surface area contributed by atoms with Gasteiger partial charge in [-0.1, -0.05) is 110 Å². The molecule has 0 saturated heterocycles. The van der Waals surface area contributed by atoms with E-state index in [0.29, 0.717) is 0 Å². The SMILES string of the molecule is C=CC(=C)C12CC3(c4ccccc4)CC(c4ccccc4)(C1)CC(c1ccccc1)(C2)C3. The van der Waals surface area contributed by atoms with Crippen LogP contribution in [0.25, 0.3) is 0 Å². The average molecular weight is 417 g/mol. The number of rotatable bonds is 5. The molecule has 3 aromatic rings. The Morgan fingerprint density at radius 2 is 0.844 bits per heavy atom. The van der Waals surface area contributed by atoms with Crippen molar-refractivity contribution in [1.82, 2.24) is 0 Å². The summed E-state index contributed by atoms with van der Waals surface area (Å²) in [5.74, 6) is 0. The fourth-order valence-electron chi connectivity index (χ4n) is 8.49. The first-order valence-corrected chi connectivity index (χ1v) is 12.0. The molecule has 4 bridgehead atoms. The molecule has 0 atom stereocenters. The lowest BCUT2D eigenvalue weighted by Gasteiger charge is -2.71. The van der Waals surface area contributed by atoms with Gasteiger partial charge in [0.1, 0.15) is 0 Å². The Bertz CT molecular complexity index is 1010. The van der Waals surface area contributed by atoms with E-state index in [1.165, 1.54) is 60.8 Å². The molecule has 0 aromatic heterocycles. The van der Waals surface area contributed by atoms with Crippen LogP contribution in [0.1, 0.15) is 55.2 Å². The second kappa shape index (κ2) is 6.82. The van der Waals surface area contributed by atoms with Gasteiger partial charge in [-0.3, -0.25) is 0 Å². The van der Waals surface area contributed by atoms with Crippen molar-refractivity contribution in [1.29, 1.82) is 0 Å². The smallest absolute Gasteiger partial charge is 0.00215 e. The van der Waals surface area contributed by atoms with Crippen LogP contribution >= 0.6 is 0 Å². The van der Waals surface area contributed by atoms with Crippen molar-refractivity contribution in [3.8, 4) is 0 Å². The van der Waals surface area contributed by atoms with Gasteiger partial charge in [0.25, 0.3) is 0 Å². The summed E-state index contributed by atoms with van der Waals surface area (Å²) in [5, 5.41) is 0. The molecule has 0 spiro atoms. The quantitative estimate of drug-likeness (QED) is 0.371. The Labute approximate surface area is 192 Å². The van der Waals surface area contributed by atoms with Crippen molar-refractivity contribution in [2.24, 2.45) is 5.41 Å². The molecule has 0 radical (unpaired) electrons. The van der Waals surface area contributed by atoms with Gasteiger partial charge in [-0.2, -0.15) is 0 Å². The topological polar surface area (TPSA) is 0 Å². The molecule has 4 fully saturated rings. The largest absolute Gasteiger partial charge is 0.0988 e.